The minimum atomic E-state index is -0.761. The van der Waals surface area contributed by atoms with Crippen LogP contribution in [0.4, 0.5) is 0 Å². The summed E-state index contributed by atoms with van der Waals surface area (Å²) in [5.74, 6) is -1.08. The van der Waals surface area contributed by atoms with E-state index in [0.717, 1.165) is 11.1 Å². The minimum Gasteiger partial charge on any atom is -0.481 e. The first-order valence-electron chi connectivity index (χ1n) is 6.47. The zero-order valence-corrected chi connectivity index (χ0v) is 11.5. The number of rotatable bonds is 3. The standard InChI is InChI=1S/C15H19NO3/c1-9-4-5-11(6-10(9)2)14(17)16(3)13-7-12(8-13)15(18)19/h4-6,12-13H,7-8H2,1-3H3,(H,18,19). The predicted octanol–water partition coefficient (Wildman–Crippen LogP) is 2.24. The maximum absolute atomic E-state index is 12.3. The number of hydrogen-bond acceptors (Lipinski definition) is 2. The summed E-state index contributed by atoms with van der Waals surface area (Å²) < 4.78 is 0. The maximum Gasteiger partial charge on any atom is 0.306 e. The van der Waals surface area contributed by atoms with Crippen LogP contribution in [-0.4, -0.2) is 35.0 Å². The number of nitrogens with zero attached hydrogens (tertiary/aromatic N) is 1. The molecule has 0 spiro atoms. The number of carbonyl (C=O) groups is 2. The van der Waals surface area contributed by atoms with E-state index < -0.39 is 5.97 Å². The molecule has 1 aliphatic rings. The smallest absolute Gasteiger partial charge is 0.306 e. The fourth-order valence-corrected chi connectivity index (χ4v) is 2.35. The first kappa shape index (κ1) is 13.6. The summed E-state index contributed by atoms with van der Waals surface area (Å²) in [6.07, 6.45) is 1.12. The van der Waals surface area contributed by atoms with Gasteiger partial charge in [0.25, 0.3) is 5.91 Å². The molecule has 0 aromatic heterocycles. The molecule has 1 aromatic carbocycles. The Hall–Kier alpha value is -1.84. The lowest BCUT2D eigenvalue weighted by Gasteiger charge is -2.39. The van der Waals surface area contributed by atoms with Crippen molar-refractivity contribution in [3.8, 4) is 0 Å². The summed E-state index contributed by atoms with van der Waals surface area (Å²) in [7, 11) is 1.75. The van der Waals surface area contributed by atoms with Crippen molar-refractivity contribution in [3.63, 3.8) is 0 Å². The molecule has 0 radical (unpaired) electrons. The molecule has 1 amide bonds. The number of aryl methyl sites for hydroxylation is 2. The molecule has 0 aliphatic heterocycles. The zero-order valence-electron chi connectivity index (χ0n) is 11.5. The Kier molecular flexibility index (Phi) is 3.60. The van der Waals surface area contributed by atoms with Crippen molar-refractivity contribution in [2.75, 3.05) is 7.05 Å². The minimum absolute atomic E-state index is 0.0306. The van der Waals surface area contributed by atoms with Crippen molar-refractivity contribution < 1.29 is 14.7 Å². The highest BCUT2D eigenvalue weighted by Gasteiger charge is 2.38. The molecule has 1 fully saturated rings. The van der Waals surface area contributed by atoms with Gasteiger partial charge in [0.05, 0.1) is 5.92 Å². The van der Waals surface area contributed by atoms with Crippen LogP contribution in [0.25, 0.3) is 0 Å². The fourth-order valence-electron chi connectivity index (χ4n) is 2.35. The Morgan fingerprint density at radius 2 is 1.84 bits per heavy atom. The van der Waals surface area contributed by atoms with Gasteiger partial charge in [-0.15, -0.1) is 0 Å². The molecular formula is C15H19NO3. The van der Waals surface area contributed by atoms with Crippen molar-refractivity contribution in [2.45, 2.75) is 32.7 Å². The average molecular weight is 261 g/mol. The predicted molar refractivity (Wildman–Crippen MR) is 72.2 cm³/mol. The molecule has 1 aliphatic carbocycles. The second-order valence-corrected chi connectivity index (χ2v) is 5.38. The van der Waals surface area contributed by atoms with Crippen molar-refractivity contribution in [2.24, 2.45) is 5.92 Å². The third-order valence-electron chi connectivity index (χ3n) is 4.08. The largest absolute Gasteiger partial charge is 0.481 e. The van der Waals surface area contributed by atoms with Gasteiger partial charge in [-0.1, -0.05) is 6.07 Å². The molecule has 102 valence electrons. The summed E-state index contributed by atoms with van der Waals surface area (Å²) in [5, 5.41) is 8.85. The van der Waals surface area contributed by atoms with E-state index in [1.165, 1.54) is 0 Å². The van der Waals surface area contributed by atoms with Gasteiger partial charge >= 0.3 is 5.97 Å². The number of hydrogen-bond donors (Lipinski definition) is 1. The van der Waals surface area contributed by atoms with Crippen LogP contribution in [0.1, 0.15) is 34.3 Å². The Bertz CT molecular complexity index is 518. The van der Waals surface area contributed by atoms with Crippen LogP contribution in [0.2, 0.25) is 0 Å². The summed E-state index contributed by atoms with van der Waals surface area (Å²) >= 11 is 0. The number of carboxylic acid groups (broad SMARTS) is 1. The zero-order chi connectivity index (χ0) is 14.2. The van der Waals surface area contributed by atoms with E-state index in [4.69, 9.17) is 5.11 Å². The van der Waals surface area contributed by atoms with Gasteiger partial charge in [-0.3, -0.25) is 9.59 Å². The monoisotopic (exact) mass is 261 g/mol. The molecule has 19 heavy (non-hydrogen) atoms. The lowest BCUT2D eigenvalue weighted by Crippen LogP contribution is -2.47. The van der Waals surface area contributed by atoms with E-state index in [1.54, 1.807) is 11.9 Å². The quantitative estimate of drug-likeness (QED) is 0.907. The molecule has 4 heteroatoms. The highest BCUT2D eigenvalue weighted by Crippen LogP contribution is 2.32. The summed E-state index contributed by atoms with van der Waals surface area (Å²) in [5.41, 5.74) is 2.93. The molecule has 0 bridgehead atoms. The fraction of sp³-hybridized carbons (Fsp3) is 0.467. The van der Waals surface area contributed by atoms with Gasteiger partial charge < -0.3 is 10.0 Å². The molecule has 0 unspecified atom stereocenters. The molecule has 1 N–H and O–H groups in total. The molecule has 0 atom stereocenters. The number of aliphatic carboxylic acids is 1. The number of carboxylic acids is 1. The summed E-state index contributed by atoms with van der Waals surface area (Å²) in [6, 6.07) is 5.71. The second kappa shape index (κ2) is 5.03. The summed E-state index contributed by atoms with van der Waals surface area (Å²) in [4.78, 5) is 24.7. The molecule has 0 saturated heterocycles. The van der Waals surface area contributed by atoms with E-state index in [0.29, 0.717) is 18.4 Å². The lowest BCUT2D eigenvalue weighted by atomic mass is 9.79. The Labute approximate surface area is 113 Å². The number of carbonyl (C=O) groups excluding carboxylic acids is 1. The molecule has 1 aromatic rings. The normalized spacial score (nSPS) is 21.6. The van der Waals surface area contributed by atoms with Crippen LogP contribution < -0.4 is 0 Å². The van der Waals surface area contributed by atoms with Gasteiger partial charge in [0, 0.05) is 18.7 Å². The maximum atomic E-state index is 12.3. The average Bonchev–Trinajstić information content (AvgIpc) is 2.29. The van der Waals surface area contributed by atoms with Gasteiger partial charge in [0.2, 0.25) is 0 Å². The van der Waals surface area contributed by atoms with Crippen molar-refractivity contribution in [1.82, 2.24) is 4.90 Å². The third kappa shape index (κ3) is 2.62. The van der Waals surface area contributed by atoms with Crippen LogP contribution in [0.3, 0.4) is 0 Å². The molecule has 0 heterocycles. The van der Waals surface area contributed by atoms with Gasteiger partial charge in [0.1, 0.15) is 0 Å². The number of benzene rings is 1. The summed E-state index contributed by atoms with van der Waals surface area (Å²) in [6.45, 7) is 3.99. The topological polar surface area (TPSA) is 57.6 Å². The van der Waals surface area contributed by atoms with E-state index in [2.05, 4.69) is 0 Å². The van der Waals surface area contributed by atoms with Gasteiger partial charge in [-0.05, 0) is 49.9 Å². The molecule has 2 rings (SSSR count). The Balaban J connectivity index is 2.04. The first-order valence-corrected chi connectivity index (χ1v) is 6.47. The third-order valence-corrected chi connectivity index (χ3v) is 4.08. The molecular weight excluding hydrogens is 242 g/mol. The van der Waals surface area contributed by atoms with E-state index in [1.807, 2.05) is 32.0 Å². The van der Waals surface area contributed by atoms with E-state index >= 15 is 0 Å². The van der Waals surface area contributed by atoms with Crippen LogP contribution in [0, 0.1) is 19.8 Å². The first-order chi connectivity index (χ1) is 8.90. The number of amides is 1. The lowest BCUT2D eigenvalue weighted by molar-refractivity contribution is -0.146. The van der Waals surface area contributed by atoms with Crippen LogP contribution in [0.5, 0.6) is 0 Å². The highest BCUT2D eigenvalue weighted by molar-refractivity contribution is 5.94. The van der Waals surface area contributed by atoms with Crippen molar-refractivity contribution in [3.05, 3.63) is 34.9 Å². The van der Waals surface area contributed by atoms with E-state index in [-0.39, 0.29) is 17.9 Å². The van der Waals surface area contributed by atoms with Crippen molar-refractivity contribution >= 4 is 11.9 Å². The SMILES string of the molecule is Cc1ccc(C(=O)N(C)C2CC(C(=O)O)C2)cc1C. The van der Waals surface area contributed by atoms with E-state index in [9.17, 15) is 9.59 Å². The Morgan fingerprint density at radius 3 is 2.37 bits per heavy atom. The molecule has 1 saturated carbocycles. The van der Waals surface area contributed by atoms with Crippen molar-refractivity contribution in [1.29, 1.82) is 0 Å². The molecule has 4 nitrogen and oxygen atoms in total. The highest BCUT2D eigenvalue weighted by atomic mass is 16.4. The second-order valence-electron chi connectivity index (χ2n) is 5.38. The van der Waals surface area contributed by atoms with Gasteiger partial charge in [0.15, 0.2) is 0 Å². The Morgan fingerprint density at radius 1 is 1.21 bits per heavy atom. The van der Waals surface area contributed by atoms with Crippen LogP contribution >= 0.6 is 0 Å². The van der Waals surface area contributed by atoms with Crippen LogP contribution in [0.15, 0.2) is 18.2 Å². The van der Waals surface area contributed by atoms with Crippen LogP contribution in [-0.2, 0) is 4.79 Å². The van der Waals surface area contributed by atoms with Gasteiger partial charge in [-0.25, -0.2) is 0 Å². The van der Waals surface area contributed by atoms with Gasteiger partial charge in [-0.2, -0.15) is 0 Å².